The van der Waals surface area contributed by atoms with E-state index >= 15 is 0 Å². The molecule has 0 aliphatic carbocycles. The van der Waals surface area contributed by atoms with E-state index in [0.717, 1.165) is 11.1 Å². The van der Waals surface area contributed by atoms with Crippen LogP contribution in [-0.4, -0.2) is 19.8 Å². The van der Waals surface area contributed by atoms with Crippen LogP contribution < -0.4 is 0 Å². The van der Waals surface area contributed by atoms with E-state index in [-0.39, 0.29) is 5.41 Å². The molecule has 1 aliphatic heterocycles. The van der Waals surface area contributed by atoms with E-state index < -0.39 is 10.0 Å². The summed E-state index contributed by atoms with van der Waals surface area (Å²) in [7, 11) is -1.86. The van der Waals surface area contributed by atoms with Crippen molar-refractivity contribution in [2.75, 3.05) is 7.05 Å². The molecule has 1 heterocycles. The third-order valence-corrected chi connectivity index (χ3v) is 5.33. The molecule has 0 atom stereocenters. The van der Waals surface area contributed by atoms with Gasteiger partial charge in [-0.15, -0.1) is 0 Å². The number of allylic oxidation sites excluding steroid dienone is 1. The van der Waals surface area contributed by atoms with Gasteiger partial charge in [0.1, 0.15) is 0 Å². The van der Waals surface area contributed by atoms with E-state index in [4.69, 9.17) is 0 Å². The lowest BCUT2D eigenvalue weighted by Gasteiger charge is -2.30. The number of benzene rings is 1. The molecule has 3 nitrogen and oxygen atoms in total. The minimum absolute atomic E-state index is 0.0580. The Hall–Kier alpha value is -1.29. The van der Waals surface area contributed by atoms with Crippen molar-refractivity contribution in [3.05, 3.63) is 41.6 Å². The molecule has 0 aromatic heterocycles. The van der Waals surface area contributed by atoms with Gasteiger partial charge in [0.15, 0.2) is 0 Å². The molecular weight excluding hydrogens is 246 g/mol. The van der Waals surface area contributed by atoms with E-state index in [1.54, 1.807) is 13.1 Å². The number of nitrogens with zero attached hydrogens (tertiary/aromatic N) is 1. The van der Waals surface area contributed by atoms with Crippen LogP contribution in [0.15, 0.2) is 35.4 Å². The second-order valence-electron chi connectivity index (χ2n) is 5.79. The molecule has 0 amide bonds. The molecule has 0 unspecified atom stereocenters. The van der Waals surface area contributed by atoms with Crippen LogP contribution in [0.2, 0.25) is 0 Å². The van der Waals surface area contributed by atoms with Crippen molar-refractivity contribution >= 4 is 10.0 Å². The molecule has 1 aromatic rings. The van der Waals surface area contributed by atoms with Crippen LogP contribution in [-0.2, 0) is 21.9 Å². The van der Waals surface area contributed by atoms with Gasteiger partial charge in [-0.3, -0.25) is 4.31 Å². The van der Waals surface area contributed by atoms with Crippen LogP contribution in [0.4, 0.5) is 0 Å². The number of fused-ring (bicyclic) bond motifs is 1. The zero-order chi connectivity index (χ0) is 13.7. The summed E-state index contributed by atoms with van der Waals surface area (Å²) >= 11 is 0. The predicted molar refractivity (Wildman–Crippen MR) is 72.9 cm³/mol. The highest BCUT2D eigenvalue weighted by atomic mass is 32.2. The zero-order valence-corrected chi connectivity index (χ0v) is 12.1. The zero-order valence-electron chi connectivity index (χ0n) is 11.3. The summed E-state index contributed by atoms with van der Waals surface area (Å²) in [5, 5.41) is 0. The molecule has 0 spiro atoms. The maximum Gasteiger partial charge on any atom is 0.264 e. The molecule has 0 saturated carbocycles. The van der Waals surface area contributed by atoms with Crippen molar-refractivity contribution in [1.29, 1.82) is 0 Å². The number of sulfonamides is 1. The molecule has 4 heteroatoms. The molecule has 0 radical (unpaired) electrons. The molecule has 0 saturated heterocycles. The van der Waals surface area contributed by atoms with Crippen LogP contribution in [0.1, 0.15) is 31.9 Å². The van der Waals surface area contributed by atoms with Crippen LogP contribution in [0.25, 0.3) is 0 Å². The summed E-state index contributed by atoms with van der Waals surface area (Å²) in [6.07, 6.45) is 0.593. The Bertz CT molecular complexity index is 609. The van der Waals surface area contributed by atoms with Gasteiger partial charge >= 0.3 is 0 Å². The van der Waals surface area contributed by atoms with Gasteiger partial charge in [0, 0.05) is 19.2 Å². The molecule has 1 aromatic carbocycles. The Balaban J connectivity index is 2.67. The molecule has 0 bridgehead atoms. The van der Waals surface area contributed by atoms with Crippen molar-refractivity contribution in [2.45, 2.75) is 37.5 Å². The summed E-state index contributed by atoms with van der Waals surface area (Å²) in [5.41, 5.74) is 2.43. The molecule has 0 fully saturated rings. The minimum atomic E-state index is -3.42. The number of rotatable bonds is 0. The summed E-state index contributed by atoms with van der Waals surface area (Å²) in [6, 6.07) is 5.71. The van der Waals surface area contributed by atoms with Gasteiger partial charge in [-0.1, -0.05) is 39.5 Å². The summed E-state index contributed by atoms with van der Waals surface area (Å²) in [6.45, 7) is 10.0. The largest absolute Gasteiger partial charge is 0.274 e. The Kier molecular flexibility index (Phi) is 2.81. The standard InChI is InChI=1S/C14H19NO2S/c1-10-8-11-6-7-12(14(2,3)4)9-13(11)18(16,17)15(10)5/h6-7,9H,1,8H2,2-5H3. The van der Waals surface area contributed by atoms with Crippen molar-refractivity contribution in [3.63, 3.8) is 0 Å². The predicted octanol–water partition coefficient (Wildman–Crippen LogP) is 2.67. The average molecular weight is 265 g/mol. The first kappa shape index (κ1) is 13.1. The molecular formula is C14H19NO2S. The Labute approximate surface area is 109 Å². The second-order valence-corrected chi connectivity index (χ2v) is 7.73. The molecule has 18 heavy (non-hydrogen) atoms. The van der Waals surface area contributed by atoms with Gasteiger partial charge in [0.05, 0.1) is 4.90 Å². The van der Waals surface area contributed by atoms with Gasteiger partial charge in [0.2, 0.25) is 0 Å². The highest BCUT2D eigenvalue weighted by molar-refractivity contribution is 7.89. The normalized spacial score (nSPS) is 18.7. The summed E-state index contributed by atoms with van der Waals surface area (Å²) < 4.78 is 26.0. The summed E-state index contributed by atoms with van der Waals surface area (Å²) in [4.78, 5) is 0.421. The number of hydrogen-bond donors (Lipinski definition) is 0. The van der Waals surface area contributed by atoms with Gasteiger partial charge in [-0.2, -0.15) is 0 Å². The maximum atomic E-state index is 12.4. The van der Waals surface area contributed by atoms with E-state index in [1.807, 2.05) is 12.1 Å². The molecule has 0 N–H and O–H groups in total. The Morgan fingerprint density at radius 2 is 1.89 bits per heavy atom. The molecule has 98 valence electrons. The number of likely N-dealkylation sites (N-methyl/N-ethyl adjacent to an activating group) is 1. The first-order chi connectivity index (χ1) is 8.14. The van der Waals surface area contributed by atoms with Crippen molar-refractivity contribution in [3.8, 4) is 0 Å². The van der Waals surface area contributed by atoms with Gasteiger partial charge in [-0.25, -0.2) is 8.42 Å². The van der Waals surface area contributed by atoms with E-state index in [9.17, 15) is 8.42 Å². The highest BCUT2D eigenvalue weighted by Gasteiger charge is 2.31. The fourth-order valence-electron chi connectivity index (χ4n) is 2.06. The van der Waals surface area contributed by atoms with Gasteiger partial charge < -0.3 is 0 Å². The lowest BCUT2D eigenvalue weighted by atomic mass is 9.86. The van der Waals surface area contributed by atoms with E-state index in [2.05, 4.69) is 27.4 Å². The average Bonchev–Trinajstić information content (AvgIpc) is 2.25. The Morgan fingerprint density at radius 3 is 2.44 bits per heavy atom. The Morgan fingerprint density at radius 1 is 1.28 bits per heavy atom. The lowest BCUT2D eigenvalue weighted by molar-refractivity contribution is 0.506. The second kappa shape index (κ2) is 3.85. The first-order valence-electron chi connectivity index (χ1n) is 5.94. The summed E-state index contributed by atoms with van der Waals surface area (Å²) in [5.74, 6) is 0. The minimum Gasteiger partial charge on any atom is -0.274 e. The molecule has 2 rings (SSSR count). The third-order valence-electron chi connectivity index (χ3n) is 3.41. The van der Waals surface area contributed by atoms with Crippen molar-refractivity contribution in [2.24, 2.45) is 0 Å². The third kappa shape index (κ3) is 1.94. The monoisotopic (exact) mass is 265 g/mol. The van der Waals surface area contributed by atoms with Crippen LogP contribution >= 0.6 is 0 Å². The van der Waals surface area contributed by atoms with Gasteiger partial charge in [0.25, 0.3) is 10.0 Å². The van der Waals surface area contributed by atoms with E-state index in [1.165, 1.54) is 4.31 Å². The van der Waals surface area contributed by atoms with Gasteiger partial charge in [-0.05, 0) is 22.6 Å². The van der Waals surface area contributed by atoms with Crippen LogP contribution in [0.3, 0.4) is 0 Å². The first-order valence-corrected chi connectivity index (χ1v) is 7.38. The molecule has 1 aliphatic rings. The van der Waals surface area contributed by atoms with Crippen molar-refractivity contribution in [1.82, 2.24) is 4.31 Å². The topological polar surface area (TPSA) is 37.4 Å². The smallest absolute Gasteiger partial charge is 0.264 e. The fourth-order valence-corrected chi connectivity index (χ4v) is 3.50. The number of hydrogen-bond acceptors (Lipinski definition) is 2. The van der Waals surface area contributed by atoms with Crippen LogP contribution in [0.5, 0.6) is 0 Å². The maximum absolute atomic E-state index is 12.4. The van der Waals surface area contributed by atoms with E-state index in [0.29, 0.717) is 17.0 Å². The quantitative estimate of drug-likeness (QED) is 0.723. The highest BCUT2D eigenvalue weighted by Crippen LogP contribution is 2.33. The lowest BCUT2D eigenvalue weighted by Crippen LogP contribution is -2.32. The fraction of sp³-hybridized carbons (Fsp3) is 0.429. The van der Waals surface area contributed by atoms with Crippen molar-refractivity contribution < 1.29 is 8.42 Å². The SMILES string of the molecule is C=C1Cc2ccc(C(C)(C)C)cc2S(=O)(=O)N1C. The van der Waals surface area contributed by atoms with Crippen LogP contribution in [0, 0.1) is 0 Å².